The van der Waals surface area contributed by atoms with Gasteiger partial charge in [0.15, 0.2) is 23.3 Å². The highest BCUT2D eigenvalue weighted by molar-refractivity contribution is 5.98. The van der Waals surface area contributed by atoms with Crippen molar-refractivity contribution >= 4 is 16.9 Å². The van der Waals surface area contributed by atoms with Crippen molar-refractivity contribution in [3.63, 3.8) is 0 Å². The second kappa shape index (κ2) is 5.83. The summed E-state index contributed by atoms with van der Waals surface area (Å²) < 4.78 is 82.1. The van der Waals surface area contributed by atoms with E-state index in [9.17, 15) is 31.1 Å². The standard InChI is InChI=1S/C16H7F6NO2/c17-7-2-1-6(16-9(7)5(4-23-16)3-8(24)25)10-11(18)13(20)15(22)14(21)12(10)19/h1-2,4,23H,3H2,(H,24,25). The molecular formula is C16H7F6NO2. The summed E-state index contributed by atoms with van der Waals surface area (Å²) in [6, 6.07) is 1.60. The molecule has 0 spiro atoms. The van der Waals surface area contributed by atoms with E-state index < -0.39 is 58.4 Å². The van der Waals surface area contributed by atoms with Gasteiger partial charge >= 0.3 is 5.97 Å². The quantitative estimate of drug-likeness (QED) is 0.416. The molecule has 0 unspecified atom stereocenters. The lowest BCUT2D eigenvalue weighted by Crippen LogP contribution is -2.04. The van der Waals surface area contributed by atoms with Crippen molar-refractivity contribution in [2.75, 3.05) is 0 Å². The second-order valence-corrected chi connectivity index (χ2v) is 5.17. The minimum absolute atomic E-state index is 0.0364. The Balaban J connectivity index is 2.37. The Bertz CT molecular complexity index is 998. The van der Waals surface area contributed by atoms with Crippen LogP contribution in [0.2, 0.25) is 0 Å². The zero-order chi connectivity index (χ0) is 18.5. The van der Waals surface area contributed by atoms with E-state index in [2.05, 4.69) is 4.98 Å². The largest absolute Gasteiger partial charge is 0.481 e. The molecule has 3 rings (SSSR count). The second-order valence-electron chi connectivity index (χ2n) is 5.17. The van der Waals surface area contributed by atoms with Crippen molar-refractivity contribution in [1.82, 2.24) is 4.98 Å². The number of aromatic amines is 1. The predicted molar refractivity (Wildman–Crippen MR) is 74.8 cm³/mol. The molecule has 0 aliphatic heterocycles. The Morgan fingerprint density at radius 3 is 2.04 bits per heavy atom. The van der Waals surface area contributed by atoms with Crippen molar-refractivity contribution in [3.05, 3.63) is 58.8 Å². The van der Waals surface area contributed by atoms with Crippen LogP contribution < -0.4 is 0 Å². The van der Waals surface area contributed by atoms with Gasteiger partial charge in [-0.25, -0.2) is 26.3 Å². The molecule has 0 aliphatic rings. The van der Waals surface area contributed by atoms with E-state index >= 15 is 0 Å². The molecule has 3 nitrogen and oxygen atoms in total. The van der Waals surface area contributed by atoms with Crippen LogP contribution in [0.5, 0.6) is 0 Å². The van der Waals surface area contributed by atoms with Crippen LogP contribution in [0.4, 0.5) is 26.3 Å². The van der Waals surface area contributed by atoms with Gasteiger partial charge in [0, 0.05) is 17.1 Å². The topological polar surface area (TPSA) is 53.1 Å². The summed E-state index contributed by atoms with van der Waals surface area (Å²) in [4.78, 5) is 13.2. The number of H-pyrrole nitrogens is 1. The Morgan fingerprint density at radius 1 is 0.920 bits per heavy atom. The lowest BCUT2D eigenvalue weighted by Gasteiger charge is -2.10. The molecule has 9 heteroatoms. The maximum atomic E-state index is 14.0. The molecule has 1 heterocycles. The number of fused-ring (bicyclic) bond motifs is 1. The van der Waals surface area contributed by atoms with Gasteiger partial charge in [0.05, 0.1) is 17.5 Å². The Morgan fingerprint density at radius 2 is 1.48 bits per heavy atom. The molecule has 0 aliphatic carbocycles. The Hall–Kier alpha value is -2.97. The average molecular weight is 359 g/mol. The number of hydrogen-bond acceptors (Lipinski definition) is 1. The molecule has 2 aromatic carbocycles. The fraction of sp³-hybridized carbons (Fsp3) is 0.0625. The van der Waals surface area contributed by atoms with Crippen molar-refractivity contribution in [2.24, 2.45) is 0 Å². The molecule has 0 fully saturated rings. The molecule has 0 saturated heterocycles. The summed E-state index contributed by atoms with van der Waals surface area (Å²) in [7, 11) is 0. The van der Waals surface area contributed by atoms with Crippen LogP contribution in [-0.2, 0) is 11.2 Å². The Kier molecular flexibility index (Phi) is 3.94. The monoisotopic (exact) mass is 359 g/mol. The number of carbonyl (C=O) groups is 1. The van der Waals surface area contributed by atoms with Gasteiger partial charge in [-0.05, 0) is 17.7 Å². The highest BCUT2D eigenvalue weighted by Gasteiger charge is 2.28. The number of carboxylic acids is 1. The highest BCUT2D eigenvalue weighted by atomic mass is 19.2. The SMILES string of the molecule is O=C(O)Cc1c[nH]c2c(-c3c(F)c(F)c(F)c(F)c3F)ccc(F)c12. The van der Waals surface area contributed by atoms with E-state index in [1.807, 2.05) is 0 Å². The van der Waals surface area contributed by atoms with Crippen molar-refractivity contribution in [3.8, 4) is 11.1 Å². The zero-order valence-electron chi connectivity index (χ0n) is 12.1. The summed E-state index contributed by atoms with van der Waals surface area (Å²) >= 11 is 0. The van der Waals surface area contributed by atoms with E-state index in [0.717, 1.165) is 18.3 Å². The maximum absolute atomic E-state index is 14.0. The average Bonchev–Trinajstić information content (AvgIpc) is 2.97. The van der Waals surface area contributed by atoms with Crippen molar-refractivity contribution in [1.29, 1.82) is 0 Å². The van der Waals surface area contributed by atoms with Gasteiger partial charge in [-0.2, -0.15) is 0 Å². The van der Waals surface area contributed by atoms with Gasteiger partial charge in [0.1, 0.15) is 5.82 Å². The first-order chi connectivity index (χ1) is 11.7. The summed E-state index contributed by atoms with van der Waals surface area (Å²) in [5, 5.41) is 8.51. The van der Waals surface area contributed by atoms with Crippen molar-refractivity contribution in [2.45, 2.75) is 6.42 Å². The molecule has 3 aromatic rings. The third-order valence-electron chi connectivity index (χ3n) is 3.69. The molecular weight excluding hydrogens is 352 g/mol. The first kappa shape index (κ1) is 16.9. The van der Waals surface area contributed by atoms with Crippen LogP contribution in [0, 0.1) is 34.9 Å². The number of benzene rings is 2. The zero-order valence-corrected chi connectivity index (χ0v) is 12.1. The van der Waals surface area contributed by atoms with Gasteiger partial charge in [-0.1, -0.05) is 0 Å². The van der Waals surface area contributed by atoms with Crippen LogP contribution in [0.1, 0.15) is 5.56 Å². The molecule has 0 atom stereocenters. The van der Waals surface area contributed by atoms with E-state index in [1.54, 1.807) is 0 Å². The summed E-state index contributed by atoms with van der Waals surface area (Å²) in [5.41, 5.74) is -2.03. The number of rotatable bonds is 3. The molecule has 0 radical (unpaired) electrons. The first-order valence-electron chi connectivity index (χ1n) is 6.76. The van der Waals surface area contributed by atoms with Crippen LogP contribution >= 0.6 is 0 Å². The summed E-state index contributed by atoms with van der Waals surface area (Å²) in [6.07, 6.45) is 0.495. The van der Waals surface area contributed by atoms with Crippen molar-refractivity contribution < 1.29 is 36.2 Å². The molecule has 25 heavy (non-hydrogen) atoms. The Labute approximate surface area is 135 Å². The summed E-state index contributed by atoms with van der Waals surface area (Å²) in [5.74, 6) is -12.9. The lowest BCUT2D eigenvalue weighted by atomic mass is 9.99. The molecule has 0 bridgehead atoms. The highest BCUT2D eigenvalue weighted by Crippen LogP contribution is 2.37. The van der Waals surface area contributed by atoms with Gasteiger partial charge in [0.2, 0.25) is 5.82 Å². The van der Waals surface area contributed by atoms with Gasteiger partial charge in [0.25, 0.3) is 0 Å². The van der Waals surface area contributed by atoms with E-state index in [1.165, 1.54) is 0 Å². The fourth-order valence-electron chi connectivity index (χ4n) is 2.62. The number of carboxylic acid groups (broad SMARTS) is 1. The normalized spacial score (nSPS) is 11.3. The van der Waals surface area contributed by atoms with Gasteiger partial charge < -0.3 is 10.1 Å². The maximum Gasteiger partial charge on any atom is 0.307 e. The molecule has 0 amide bonds. The van der Waals surface area contributed by atoms with Crippen LogP contribution in [-0.4, -0.2) is 16.1 Å². The van der Waals surface area contributed by atoms with E-state index in [0.29, 0.717) is 0 Å². The molecule has 1 aromatic heterocycles. The molecule has 130 valence electrons. The number of aliphatic carboxylic acids is 1. The smallest absolute Gasteiger partial charge is 0.307 e. The summed E-state index contributed by atoms with van der Waals surface area (Å²) in [6.45, 7) is 0. The molecule has 0 saturated carbocycles. The van der Waals surface area contributed by atoms with Crippen LogP contribution in [0.3, 0.4) is 0 Å². The number of aromatic nitrogens is 1. The predicted octanol–water partition coefficient (Wildman–Crippen LogP) is 4.30. The minimum atomic E-state index is -2.31. The lowest BCUT2D eigenvalue weighted by molar-refractivity contribution is -0.136. The van der Waals surface area contributed by atoms with Crippen LogP contribution in [0.25, 0.3) is 22.0 Å². The number of hydrogen-bond donors (Lipinski definition) is 2. The third kappa shape index (κ3) is 2.51. The number of nitrogens with one attached hydrogen (secondary N) is 1. The third-order valence-corrected chi connectivity index (χ3v) is 3.69. The van der Waals surface area contributed by atoms with Gasteiger partial charge in [-0.3, -0.25) is 4.79 Å². The van der Waals surface area contributed by atoms with Crippen LogP contribution in [0.15, 0.2) is 18.3 Å². The fourth-order valence-corrected chi connectivity index (χ4v) is 2.62. The first-order valence-corrected chi connectivity index (χ1v) is 6.76. The van der Waals surface area contributed by atoms with Gasteiger partial charge in [-0.15, -0.1) is 0 Å². The number of halogens is 6. The van der Waals surface area contributed by atoms with E-state index in [4.69, 9.17) is 5.11 Å². The minimum Gasteiger partial charge on any atom is -0.481 e. The van der Waals surface area contributed by atoms with E-state index in [-0.39, 0.29) is 16.5 Å². The molecule has 2 N–H and O–H groups in total.